The number of methoxy groups -OCH3 is 1. The van der Waals surface area contributed by atoms with Crippen LogP contribution in [-0.2, 0) is 19.1 Å². The van der Waals surface area contributed by atoms with Crippen molar-refractivity contribution in [1.29, 1.82) is 0 Å². The van der Waals surface area contributed by atoms with Crippen molar-refractivity contribution in [3.63, 3.8) is 0 Å². The Labute approximate surface area is 107 Å². The van der Waals surface area contributed by atoms with Crippen molar-refractivity contribution in [1.82, 2.24) is 0 Å². The first-order valence-electron chi connectivity index (χ1n) is 6.54. The second-order valence-electron chi connectivity index (χ2n) is 5.14. The van der Waals surface area contributed by atoms with Gasteiger partial charge < -0.3 is 9.47 Å². The third-order valence-electron chi connectivity index (χ3n) is 4.18. The second-order valence-corrected chi connectivity index (χ2v) is 5.14. The van der Waals surface area contributed by atoms with Gasteiger partial charge in [0.2, 0.25) is 0 Å². The molecule has 0 heterocycles. The molecule has 3 atom stereocenters. The molecule has 0 aromatic carbocycles. The summed E-state index contributed by atoms with van der Waals surface area (Å²) in [4.78, 5) is 23.6. The minimum atomic E-state index is -0.499. The number of carbonyl (C=O) groups is 2. The zero-order valence-corrected chi connectivity index (χ0v) is 11.0. The molecule has 18 heavy (non-hydrogen) atoms. The van der Waals surface area contributed by atoms with E-state index in [1.165, 1.54) is 7.11 Å². The summed E-state index contributed by atoms with van der Waals surface area (Å²) in [6, 6.07) is 0. The van der Waals surface area contributed by atoms with E-state index in [0.717, 1.165) is 12.8 Å². The van der Waals surface area contributed by atoms with Crippen LogP contribution < -0.4 is 0 Å². The topological polar surface area (TPSA) is 52.6 Å². The van der Waals surface area contributed by atoms with Crippen LogP contribution in [0.15, 0.2) is 12.2 Å². The maximum Gasteiger partial charge on any atom is 0.312 e. The number of esters is 2. The van der Waals surface area contributed by atoms with Crippen LogP contribution in [0.1, 0.15) is 32.6 Å². The van der Waals surface area contributed by atoms with Gasteiger partial charge in [-0.3, -0.25) is 9.59 Å². The predicted molar refractivity (Wildman–Crippen MR) is 65.7 cm³/mol. The summed E-state index contributed by atoms with van der Waals surface area (Å²) in [5.41, 5.74) is -0.499. The van der Waals surface area contributed by atoms with Gasteiger partial charge in [-0.25, -0.2) is 0 Å². The SMILES string of the molecule is CCOC(=O)CCC1(C(=O)OC)CC2C=CC1C2. The number of allylic oxidation sites excluding steroid dienone is 2. The highest BCUT2D eigenvalue weighted by Crippen LogP contribution is 2.55. The molecular weight excluding hydrogens is 232 g/mol. The van der Waals surface area contributed by atoms with E-state index in [2.05, 4.69) is 12.2 Å². The molecule has 4 nitrogen and oxygen atoms in total. The van der Waals surface area contributed by atoms with E-state index in [9.17, 15) is 9.59 Å². The first kappa shape index (κ1) is 13.1. The van der Waals surface area contributed by atoms with Crippen molar-refractivity contribution in [2.45, 2.75) is 32.6 Å². The third kappa shape index (κ3) is 2.16. The maximum absolute atomic E-state index is 12.1. The van der Waals surface area contributed by atoms with Gasteiger partial charge in [-0.2, -0.15) is 0 Å². The van der Waals surface area contributed by atoms with Gasteiger partial charge in [0, 0.05) is 6.42 Å². The Kier molecular flexibility index (Phi) is 3.73. The van der Waals surface area contributed by atoms with Gasteiger partial charge >= 0.3 is 11.9 Å². The molecule has 0 radical (unpaired) electrons. The standard InChI is InChI=1S/C14H20O4/c1-3-18-12(15)6-7-14(13(16)17-2)9-10-4-5-11(14)8-10/h4-5,10-11H,3,6-9H2,1-2H3. The molecule has 1 fully saturated rings. The quantitative estimate of drug-likeness (QED) is 0.555. The Morgan fingerprint density at radius 2 is 2.17 bits per heavy atom. The molecule has 0 saturated heterocycles. The lowest BCUT2D eigenvalue weighted by molar-refractivity contribution is -0.156. The summed E-state index contributed by atoms with van der Waals surface area (Å²) in [6.07, 6.45) is 6.93. The Hall–Kier alpha value is -1.32. The van der Waals surface area contributed by atoms with E-state index in [0.29, 0.717) is 25.4 Å². The molecule has 0 N–H and O–H groups in total. The largest absolute Gasteiger partial charge is 0.469 e. The summed E-state index contributed by atoms with van der Waals surface area (Å²) in [6.45, 7) is 2.17. The molecule has 0 spiro atoms. The van der Waals surface area contributed by atoms with Gasteiger partial charge in [-0.1, -0.05) is 12.2 Å². The number of fused-ring (bicyclic) bond motifs is 2. The highest BCUT2D eigenvalue weighted by Gasteiger charge is 2.54. The fourth-order valence-electron chi connectivity index (χ4n) is 3.34. The number of hydrogen-bond acceptors (Lipinski definition) is 4. The summed E-state index contributed by atoms with van der Waals surface area (Å²) in [5, 5.41) is 0. The predicted octanol–water partition coefficient (Wildman–Crippen LogP) is 2.09. The molecule has 2 rings (SSSR count). The third-order valence-corrected chi connectivity index (χ3v) is 4.18. The summed E-state index contributed by atoms with van der Waals surface area (Å²) >= 11 is 0. The van der Waals surface area contributed by atoms with E-state index in [1.54, 1.807) is 6.92 Å². The average molecular weight is 252 g/mol. The molecule has 100 valence electrons. The molecule has 1 saturated carbocycles. The van der Waals surface area contributed by atoms with Crippen LogP contribution in [0, 0.1) is 17.3 Å². The molecule has 3 unspecified atom stereocenters. The zero-order valence-electron chi connectivity index (χ0n) is 11.0. The zero-order chi connectivity index (χ0) is 13.2. The van der Waals surface area contributed by atoms with Crippen LogP contribution in [0.2, 0.25) is 0 Å². The van der Waals surface area contributed by atoms with Gasteiger partial charge in [0.25, 0.3) is 0 Å². The Morgan fingerprint density at radius 1 is 1.39 bits per heavy atom. The lowest BCUT2D eigenvalue weighted by atomic mass is 9.72. The number of carbonyl (C=O) groups excluding carboxylic acids is 2. The summed E-state index contributed by atoms with van der Waals surface area (Å²) < 4.78 is 9.89. The first-order valence-corrected chi connectivity index (χ1v) is 6.54. The number of ether oxygens (including phenoxy) is 2. The van der Waals surface area contributed by atoms with Gasteiger partial charge in [0.05, 0.1) is 19.1 Å². The molecule has 2 aliphatic carbocycles. The van der Waals surface area contributed by atoms with Gasteiger partial charge in [0.15, 0.2) is 0 Å². The monoisotopic (exact) mass is 252 g/mol. The molecule has 0 aliphatic heterocycles. The van der Waals surface area contributed by atoms with E-state index in [4.69, 9.17) is 9.47 Å². The molecule has 2 aliphatic rings. The fourth-order valence-corrected chi connectivity index (χ4v) is 3.34. The van der Waals surface area contributed by atoms with Crippen molar-refractivity contribution in [2.75, 3.05) is 13.7 Å². The lowest BCUT2D eigenvalue weighted by Crippen LogP contribution is -2.37. The Bertz CT molecular complexity index is 374. The summed E-state index contributed by atoms with van der Waals surface area (Å²) in [7, 11) is 1.42. The molecule has 4 heteroatoms. The van der Waals surface area contributed by atoms with E-state index in [1.807, 2.05) is 0 Å². The average Bonchev–Trinajstić information content (AvgIpc) is 2.96. The van der Waals surface area contributed by atoms with E-state index < -0.39 is 5.41 Å². The normalized spacial score (nSPS) is 32.6. The molecular formula is C14H20O4. The smallest absolute Gasteiger partial charge is 0.312 e. The second kappa shape index (κ2) is 5.12. The number of hydrogen-bond donors (Lipinski definition) is 0. The first-order chi connectivity index (χ1) is 8.62. The minimum absolute atomic E-state index is 0.177. The van der Waals surface area contributed by atoms with E-state index >= 15 is 0 Å². The maximum atomic E-state index is 12.1. The van der Waals surface area contributed by atoms with Gasteiger partial charge in [-0.05, 0) is 38.0 Å². The van der Waals surface area contributed by atoms with Crippen LogP contribution in [0.3, 0.4) is 0 Å². The van der Waals surface area contributed by atoms with Crippen LogP contribution in [0.5, 0.6) is 0 Å². The Morgan fingerprint density at radius 3 is 2.67 bits per heavy atom. The van der Waals surface area contributed by atoms with Crippen molar-refractivity contribution in [2.24, 2.45) is 17.3 Å². The van der Waals surface area contributed by atoms with Crippen molar-refractivity contribution >= 4 is 11.9 Å². The van der Waals surface area contributed by atoms with Crippen LogP contribution in [-0.4, -0.2) is 25.7 Å². The van der Waals surface area contributed by atoms with E-state index in [-0.39, 0.29) is 17.9 Å². The highest BCUT2D eigenvalue weighted by molar-refractivity contribution is 5.79. The van der Waals surface area contributed by atoms with Crippen molar-refractivity contribution < 1.29 is 19.1 Å². The van der Waals surface area contributed by atoms with Gasteiger partial charge in [-0.15, -0.1) is 0 Å². The number of rotatable bonds is 5. The fraction of sp³-hybridized carbons (Fsp3) is 0.714. The van der Waals surface area contributed by atoms with Crippen LogP contribution in [0.25, 0.3) is 0 Å². The van der Waals surface area contributed by atoms with Crippen LogP contribution in [0.4, 0.5) is 0 Å². The molecule has 2 bridgehead atoms. The Balaban J connectivity index is 2.05. The summed E-state index contributed by atoms with van der Waals surface area (Å²) in [5.74, 6) is 0.289. The van der Waals surface area contributed by atoms with Crippen LogP contribution >= 0.6 is 0 Å². The molecule has 0 aromatic heterocycles. The minimum Gasteiger partial charge on any atom is -0.469 e. The highest BCUT2D eigenvalue weighted by atomic mass is 16.5. The van der Waals surface area contributed by atoms with Crippen molar-refractivity contribution in [3.8, 4) is 0 Å². The van der Waals surface area contributed by atoms with Crippen molar-refractivity contribution in [3.05, 3.63) is 12.2 Å². The van der Waals surface area contributed by atoms with Gasteiger partial charge in [0.1, 0.15) is 0 Å². The molecule has 0 amide bonds. The lowest BCUT2D eigenvalue weighted by Gasteiger charge is -2.32. The molecule has 0 aromatic rings.